The molecule has 19 heavy (non-hydrogen) atoms. The van der Waals surface area contributed by atoms with Crippen molar-refractivity contribution in [2.75, 3.05) is 19.1 Å². The van der Waals surface area contributed by atoms with Crippen LogP contribution in [0.2, 0.25) is 0 Å². The second kappa shape index (κ2) is 7.91. The number of nitrogens with zero attached hydrogens (tertiary/aromatic N) is 1. The molecule has 0 aliphatic heterocycles. The highest BCUT2D eigenvalue weighted by Gasteiger charge is 2.09. The first-order chi connectivity index (χ1) is 9.12. The predicted molar refractivity (Wildman–Crippen MR) is 80.2 cm³/mol. The van der Waals surface area contributed by atoms with Crippen molar-refractivity contribution in [3.05, 3.63) is 29.3 Å². The number of thioether (sulfide) groups is 1. The molecule has 1 aromatic rings. The van der Waals surface area contributed by atoms with Crippen LogP contribution in [0, 0.1) is 0 Å². The lowest BCUT2D eigenvalue weighted by Crippen LogP contribution is -2.27. The van der Waals surface area contributed by atoms with Crippen LogP contribution < -0.4 is 15.8 Å². The Bertz CT molecular complexity index is 438. The summed E-state index contributed by atoms with van der Waals surface area (Å²) in [5, 5.41) is 15.2. The lowest BCUT2D eigenvalue weighted by Gasteiger charge is -2.14. The number of ether oxygens (including phenoxy) is 1. The maximum absolute atomic E-state index is 8.78. The zero-order chi connectivity index (χ0) is 14.3. The molecule has 0 bridgehead atoms. The fraction of sp³-hybridized carbons (Fsp3) is 0.462. The van der Waals surface area contributed by atoms with E-state index in [0.717, 1.165) is 17.9 Å². The molecule has 0 saturated heterocycles. The summed E-state index contributed by atoms with van der Waals surface area (Å²) in [4.78, 5) is 0. The second-order valence-electron chi connectivity index (χ2n) is 4.26. The molecule has 106 valence electrons. The molecule has 0 amide bonds. The normalized spacial score (nSPS) is 13.3. The van der Waals surface area contributed by atoms with E-state index in [1.54, 1.807) is 7.11 Å². The monoisotopic (exact) mass is 283 g/mol. The molecular formula is C13H21N3O2S. The lowest BCUT2D eigenvalue weighted by molar-refractivity contribution is 0.318. The highest BCUT2D eigenvalue weighted by molar-refractivity contribution is 7.98. The molecule has 0 aliphatic carbocycles. The van der Waals surface area contributed by atoms with Crippen LogP contribution in [-0.4, -0.2) is 36.2 Å². The molecule has 5 nitrogen and oxygen atoms in total. The van der Waals surface area contributed by atoms with E-state index in [2.05, 4.69) is 23.7 Å². The van der Waals surface area contributed by atoms with Gasteiger partial charge in [0.15, 0.2) is 5.84 Å². The summed E-state index contributed by atoms with van der Waals surface area (Å²) in [5.74, 6) is 1.70. The van der Waals surface area contributed by atoms with Gasteiger partial charge < -0.3 is 21.0 Å². The standard InChI is InChI=1S/C13H21N3O2S/c1-9(8-19-3)15-7-10-4-5-12(18-2)11(6-10)13(14)16-17/h4-6,9,15,17H,7-8H2,1-3H3,(H2,14,16). The molecule has 0 aromatic heterocycles. The van der Waals surface area contributed by atoms with E-state index < -0.39 is 0 Å². The molecule has 0 radical (unpaired) electrons. The Morgan fingerprint density at radius 1 is 1.58 bits per heavy atom. The average Bonchev–Trinajstić information content (AvgIpc) is 2.44. The van der Waals surface area contributed by atoms with Gasteiger partial charge in [-0.1, -0.05) is 11.2 Å². The van der Waals surface area contributed by atoms with E-state index >= 15 is 0 Å². The van der Waals surface area contributed by atoms with Gasteiger partial charge in [0.25, 0.3) is 0 Å². The fourth-order valence-electron chi connectivity index (χ4n) is 1.72. The van der Waals surface area contributed by atoms with Crippen LogP contribution in [0.25, 0.3) is 0 Å². The van der Waals surface area contributed by atoms with Crippen molar-refractivity contribution in [2.45, 2.75) is 19.5 Å². The third-order valence-corrected chi connectivity index (χ3v) is 3.55. The van der Waals surface area contributed by atoms with Crippen molar-refractivity contribution in [1.29, 1.82) is 0 Å². The van der Waals surface area contributed by atoms with Gasteiger partial charge in [0, 0.05) is 18.3 Å². The number of hydrogen-bond acceptors (Lipinski definition) is 5. The summed E-state index contributed by atoms with van der Waals surface area (Å²) >= 11 is 1.81. The van der Waals surface area contributed by atoms with E-state index in [9.17, 15) is 0 Å². The van der Waals surface area contributed by atoms with Crippen molar-refractivity contribution in [2.24, 2.45) is 10.9 Å². The molecule has 4 N–H and O–H groups in total. The SMILES string of the molecule is COc1ccc(CNC(C)CSC)cc1/C(N)=N/O. The van der Waals surface area contributed by atoms with Crippen molar-refractivity contribution < 1.29 is 9.94 Å². The molecule has 0 saturated carbocycles. The second-order valence-corrected chi connectivity index (χ2v) is 5.17. The Kier molecular flexibility index (Phi) is 6.52. The van der Waals surface area contributed by atoms with Crippen molar-refractivity contribution >= 4 is 17.6 Å². The molecule has 1 rings (SSSR count). The molecule has 0 fully saturated rings. The van der Waals surface area contributed by atoms with Gasteiger partial charge >= 0.3 is 0 Å². The van der Waals surface area contributed by atoms with Gasteiger partial charge in [0.2, 0.25) is 0 Å². The van der Waals surface area contributed by atoms with E-state index in [1.807, 2.05) is 30.0 Å². The van der Waals surface area contributed by atoms with Gasteiger partial charge in [-0.05, 0) is 30.9 Å². The Morgan fingerprint density at radius 3 is 2.89 bits per heavy atom. The van der Waals surface area contributed by atoms with E-state index in [1.165, 1.54) is 0 Å². The van der Waals surface area contributed by atoms with E-state index in [0.29, 0.717) is 17.4 Å². The highest BCUT2D eigenvalue weighted by atomic mass is 32.2. The molecule has 1 aromatic carbocycles. The third-order valence-electron chi connectivity index (χ3n) is 2.72. The minimum absolute atomic E-state index is 0.0517. The number of benzene rings is 1. The van der Waals surface area contributed by atoms with Crippen molar-refractivity contribution in [3.8, 4) is 5.75 Å². The summed E-state index contributed by atoms with van der Waals surface area (Å²) < 4.78 is 5.19. The third kappa shape index (κ3) is 4.65. The Hall–Kier alpha value is -1.40. The predicted octanol–water partition coefficient (Wildman–Crippen LogP) is 1.63. The summed E-state index contributed by atoms with van der Waals surface area (Å²) in [6.07, 6.45) is 2.09. The average molecular weight is 283 g/mol. The summed E-state index contributed by atoms with van der Waals surface area (Å²) in [6.45, 7) is 2.88. The molecule has 0 heterocycles. The van der Waals surface area contributed by atoms with Crippen LogP contribution in [0.15, 0.2) is 23.4 Å². The molecule has 0 spiro atoms. The number of nitrogens with two attached hydrogens (primary N) is 1. The minimum Gasteiger partial charge on any atom is -0.496 e. The number of methoxy groups -OCH3 is 1. The first-order valence-electron chi connectivity index (χ1n) is 5.99. The fourth-order valence-corrected chi connectivity index (χ4v) is 2.34. The number of oxime groups is 1. The van der Waals surface area contributed by atoms with Gasteiger partial charge in [-0.2, -0.15) is 11.8 Å². The zero-order valence-corrected chi connectivity index (χ0v) is 12.3. The van der Waals surface area contributed by atoms with Crippen LogP contribution in [0.3, 0.4) is 0 Å². The van der Waals surface area contributed by atoms with Crippen LogP contribution in [0.4, 0.5) is 0 Å². The van der Waals surface area contributed by atoms with Crippen molar-refractivity contribution in [1.82, 2.24) is 5.32 Å². The Balaban J connectivity index is 2.81. The summed E-state index contributed by atoms with van der Waals surface area (Å²) in [6, 6.07) is 6.09. The smallest absolute Gasteiger partial charge is 0.173 e. The number of hydrogen-bond donors (Lipinski definition) is 3. The van der Waals surface area contributed by atoms with Gasteiger partial charge in [0.05, 0.1) is 12.7 Å². The summed E-state index contributed by atoms with van der Waals surface area (Å²) in [5.41, 5.74) is 7.30. The number of nitrogens with one attached hydrogen (secondary N) is 1. The molecule has 1 unspecified atom stereocenters. The molecule has 6 heteroatoms. The maximum Gasteiger partial charge on any atom is 0.173 e. The van der Waals surface area contributed by atoms with Gasteiger partial charge in [-0.25, -0.2) is 0 Å². The van der Waals surface area contributed by atoms with Crippen LogP contribution in [0.5, 0.6) is 5.75 Å². The zero-order valence-electron chi connectivity index (χ0n) is 11.5. The van der Waals surface area contributed by atoms with E-state index in [4.69, 9.17) is 15.7 Å². The number of rotatable bonds is 7. The van der Waals surface area contributed by atoms with Gasteiger partial charge in [-0.3, -0.25) is 0 Å². The number of amidine groups is 1. The van der Waals surface area contributed by atoms with Crippen molar-refractivity contribution in [3.63, 3.8) is 0 Å². The summed E-state index contributed by atoms with van der Waals surface area (Å²) in [7, 11) is 1.56. The Labute approximate surface area is 118 Å². The molecular weight excluding hydrogens is 262 g/mol. The lowest BCUT2D eigenvalue weighted by atomic mass is 10.1. The largest absolute Gasteiger partial charge is 0.496 e. The molecule has 0 aliphatic rings. The van der Waals surface area contributed by atoms with Crippen LogP contribution in [-0.2, 0) is 6.54 Å². The first kappa shape index (κ1) is 15.7. The van der Waals surface area contributed by atoms with Gasteiger partial charge in [0.1, 0.15) is 5.75 Å². The quantitative estimate of drug-likeness (QED) is 0.307. The van der Waals surface area contributed by atoms with Crippen LogP contribution in [0.1, 0.15) is 18.1 Å². The minimum atomic E-state index is 0.0517. The first-order valence-corrected chi connectivity index (χ1v) is 7.38. The Morgan fingerprint density at radius 2 is 2.32 bits per heavy atom. The highest BCUT2D eigenvalue weighted by Crippen LogP contribution is 2.19. The van der Waals surface area contributed by atoms with Crippen LogP contribution >= 0.6 is 11.8 Å². The topological polar surface area (TPSA) is 79.9 Å². The maximum atomic E-state index is 8.78. The van der Waals surface area contributed by atoms with Gasteiger partial charge in [-0.15, -0.1) is 0 Å². The molecule has 1 atom stereocenters. The van der Waals surface area contributed by atoms with E-state index in [-0.39, 0.29) is 5.84 Å².